The first-order valence-electron chi connectivity index (χ1n) is 15.1. The number of nitrogens with one attached hydrogen (secondary N) is 3. The summed E-state index contributed by atoms with van der Waals surface area (Å²) in [6.07, 6.45) is 6.14. The van der Waals surface area contributed by atoms with E-state index in [0.717, 1.165) is 41.0 Å². The van der Waals surface area contributed by atoms with Gasteiger partial charge >= 0.3 is 0 Å². The minimum absolute atomic E-state index is 0.0250. The number of benzene rings is 3. The number of aromatic nitrogens is 2. The smallest absolute Gasteiger partial charge is 0.255 e. The number of carbonyl (C=O) groups is 2. The number of rotatable bonds is 11. The molecule has 3 aromatic carbocycles. The summed E-state index contributed by atoms with van der Waals surface area (Å²) in [4.78, 5) is 34.8. The van der Waals surface area contributed by atoms with Crippen molar-refractivity contribution in [3.05, 3.63) is 101 Å². The number of nitrogens with zero attached hydrogens (tertiary/aromatic N) is 2. The van der Waals surface area contributed by atoms with Gasteiger partial charge in [-0.15, -0.1) is 0 Å². The lowest BCUT2D eigenvalue weighted by Crippen LogP contribution is -2.32. The second-order valence-corrected chi connectivity index (χ2v) is 12.1. The highest BCUT2D eigenvalue weighted by Gasteiger charge is 2.16. The Hall–Kier alpha value is -4.52. The van der Waals surface area contributed by atoms with Gasteiger partial charge in [-0.3, -0.25) is 9.59 Å². The summed E-state index contributed by atoms with van der Waals surface area (Å²) in [5, 5.41) is 9.37. The normalized spacial score (nSPS) is 12.0. The SMILES string of the molecule is CCCCCC(C)NC(=O)c1ccc(Nc2nccc(-c3cccc(NC(=O)c4ccc(C(C)(C)C)cc4)c3C)n2)cc1. The van der Waals surface area contributed by atoms with Crippen LogP contribution in [0.1, 0.15) is 92.1 Å². The Morgan fingerprint density at radius 3 is 2.21 bits per heavy atom. The molecule has 4 aromatic rings. The Kier molecular flexibility index (Phi) is 10.3. The number of amides is 2. The topological polar surface area (TPSA) is 96.0 Å². The lowest BCUT2D eigenvalue weighted by atomic mass is 9.86. The number of hydrogen-bond acceptors (Lipinski definition) is 5. The molecular weight excluding hydrogens is 534 g/mol. The van der Waals surface area contributed by atoms with E-state index in [4.69, 9.17) is 4.98 Å². The van der Waals surface area contributed by atoms with E-state index in [1.54, 1.807) is 18.3 Å². The van der Waals surface area contributed by atoms with Crippen molar-refractivity contribution in [1.82, 2.24) is 15.3 Å². The molecular formula is C36H43N5O2. The molecule has 0 spiro atoms. The van der Waals surface area contributed by atoms with E-state index < -0.39 is 0 Å². The summed E-state index contributed by atoms with van der Waals surface area (Å²) in [5.74, 6) is 0.207. The molecule has 0 fully saturated rings. The Balaban J connectivity index is 1.43. The number of unbranched alkanes of at least 4 members (excludes halogenated alkanes) is 2. The maximum Gasteiger partial charge on any atom is 0.255 e. The highest BCUT2D eigenvalue weighted by Crippen LogP contribution is 2.29. The van der Waals surface area contributed by atoms with E-state index in [1.807, 2.05) is 74.5 Å². The summed E-state index contributed by atoms with van der Waals surface area (Å²) in [6, 6.07) is 22.8. The zero-order valence-electron chi connectivity index (χ0n) is 26.1. The molecule has 1 unspecified atom stereocenters. The van der Waals surface area contributed by atoms with Crippen LogP contribution < -0.4 is 16.0 Å². The average molecular weight is 578 g/mol. The van der Waals surface area contributed by atoms with Crippen molar-refractivity contribution in [2.75, 3.05) is 10.6 Å². The second-order valence-electron chi connectivity index (χ2n) is 12.1. The Labute approximate surface area is 255 Å². The zero-order valence-corrected chi connectivity index (χ0v) is 26.1. The van der Waals surface area contributed by atoms with Crippen LogP contribution in [0.5, 0.6) is 0 Å². The molecule has 0 radical (unpaired) electrons. The molecule has 1 heterocycles. The Morgan fingerprint density at radius 2 is 1.53 bits per heavy atom. The molecule has 0 aliphatic rings. The molecule has 224 valence electrons. The first kappa shape index (κ1) is 31.4. The molecule has 43 heavy (non-hydrogen) atoms. The van der Waals surface area contributed by atoms with Crippen LogP contribution in [-0.2, 0) is 5.41 Å². The molecule has 2 amide bonds. The van der Waals surface area contributed by atoms with Gasteiger partial charge in [0.25, 0.3) is 11.8 Å². The Bertz CT molecular complexity index is 1540. The average Bonchev–Trinajstić information content (AvgIpc) is 2.98. The van der Waals surface area contributed by atoms with Gasteiger partial charge in [0.15, 0.2) is 0 Å². The fourth-order valence-electron chi connectivity index (χ4n) is 4.85. The van der Waals surface area contributed by atoms with Crippen molar-refractivity contribution in [2.24, 2.45) is 0 Å². The first-order valence-corrected chi connectivity index (χ1v) is 15.1. The highest BCUT2D eigenvalue weighted by atomic mass is 16.2. The van der Waals surface area contributed by atoms with Crippen molar-refractivity contribution < 1.29 is 9.59 Å². The lowest BCUT2D eigenvalue weighted by molar-refractivity contribution is 0.0937. The second kappa shape index (κ2) is 14.1. The number of carbonyl (C=O) groups excluding carboxylic acids is 2. The van der Waals surface area contributed by atoms with Gasteiger partial charge in [-0.1, -0.05) is 71.2 Å². The van der Waals surface area contributed by atoms with Crippen LogP contribution in [0.15, 0.2) is 79.0 Å². The van der Waals surface area contributed by atoms with Crippen molar-refractivity contribution in [3.8, 4) is 11.3 Å². The Morgan fingerprint density at radius 1 is 0.860 bits per heavy atom. The van der Waals surface area contributed by atoms with Crippen LogP contribution in [0.4, 0.5) is 17.3 Å². The largest absolute Gasteiger partial charge is 0.350 e. The molecule has 3 N–H and O–H groups in total. The standard InChI is InChI=1S/C36H43N5O2/c1-7-8-9-11-24(2)38-33(42)27-16-20-29(21-17-27)39-35-37-23-22-32(41-35)30-12-10-13-31(25(30)3)40-34(43)26-14-18-28(19-15-26)36(4,5)6/h10,12-24H,7-9,11H2,1-6H3,(H,38,42)(H,40,43)(H,37,39,41). The van der Waals surface area contributed by atoms with Gasteiger partial charge in [0.2, 0.25) is 5.95 Å². The molecule has 0 aliphatic carbocycles. The summed E-state index contributed by atoms with van der Waals surface area (Å²) in [5.41, 5.74) is 6.46. The maximum atomic E-state index is 13.0. The summed E-state index contributed by atoms with van der Waals surface area (Å²) in [6.45, 7) is 12.6. The molecule has 0 bridgehead atoms. The van der Waals surface area contributed by atoms with E-state index in [9.17, 15) is 9.59 Å². The number of anilines is 3. The van der Waals surface area contributed by atoms with E-state index in [-0.39, 0.29) is 23.3 Å². The minimum Gasteiger partial charge on any atom is -0.350 e. The fraction of sp³-hybridized carbons (Fsp3) is 0.333. The van der Waals surface area contributed by atoms with Crippen LogP contribution in [0.25, 0.3) is 11.3 Å². The third kappa shape index (κ3) is 8.51. The molecule has 0 saturated heterocycles. The predicted molar refractivity (Wildman–Crippen MR) is 176 cm³/mol. The van der Waals surface area contributed by atoms with Gasteiger partial charge in [-0.2, -0.15) is 0 Å². The molecule has 7 nitrogen and oxygen atoms in total. The fourth-order valence-corrected chi connectivity index (χ4v) is 4.85. The third-order valence-electron chi connectivity index (χ3n) is 7.55. The minimum atomic E-state index is -0.158. The predicted octanol–water partition coefficient (Wildman–Crippen LogP) is 8.44. The molecule has 1 aromatic heterocycles. The molecule has 0 aliphatic heterocycles. The summed E-state index contributed by atoms with van der Waals surface area (Å²) >= 11 is 0. The molecule has 4 rings (SSSR count). The van der Waals surface area contributed by atoms with Gasteiger partial charge < -0.3 is 16.0 Å². The van der Waals surface area contributed by atoms with Crippen molar-refractivity contribution in [1.29, 1.82) is 0 Å². The zero-order chi connectivity index (χ0) is 31.0. The number of hydrogen-bond donors (Lipinski definition) is 3. The van der Waals surface area contributed by atoms with Crippen molar-refractivity contribution >= 4 is 29.1 Å². The van der Waals surface area contributed by atoms with Gasteiger partial charge in [0, 0.05) is 40.3 Å². The van der Waals surface area contributed by atoms with Gasteiger partial charge in [-0.05, 0) is 85.3 Å². The summed E-state index contributed by atoms with van der Waals surface area (Å²) in [7, 11) is 0. The molecule has 0 saturated carbocycles. The van der Waals surface area contributed by atoms with Crippen LogP contribution in [0.3, 0.4) is 0 Å². The quantitative estimate of drug-likeness (QED) is 0.155. The third-order valence-corrected chi connectivity index (χ3v) is 7.55. The first-order chi connectivity index (χ1) is 20.5. The molecule has 7 heteroatoms. The van der Waals surface area contributed by atoms with Crippen LogP contribution in [0.2, 0.25) is 0 Å². The van der Waals surface area contributed by atoms with Crippen LogP contribution in [0, 0.1) is 6.92 Å². The van der Waals surface area contributed by atoms with Gasteiger partial charge in [0.1, 0.15) is 0 Å². The van der Waals surface area contributed by atoms with E-state index in [2.05, 4.69) is 48.6 Å². The van der Waals surface area contributed by atoms with E-state index in [1.165, 1.54) is 18.4 Å². The monoisotopic (exact) mass is 577 g/mol. The van der Waals surface area contributed by atoms with Crippen molar-refractivity contribution in [2.45, 2.75) is 78.7 Å². The van der Waals surface area contributed by atoms with E-state index >= 15 is 0 Å². The van der Waals surface area contributed by atoms with Crippen LogP contribution in [-0.4, -0.2) is 27.8 Å². The lowest BCUT2D eigenvalue weighted by Gasteiger charge is -2.19. The van der Waals surface area contributed by atoms with Crippen molar-refractivity contribution in [3.63, 3.8) is 0 Å². The summed E-state index contributed by atoms with van der Waals surface area (Å²) < 4.78 is 0. The highest BCUT2D eigenvalue weighted by molar-refractivity contribution is 6.05. The van der Waals surface area contributed by atoms with E-state index in [0.29, 0.717) is 17.1 Å². The van der Waals surface area contributed by atoms with Gasteiger partial charge in [-0.25, -0.2) is 9.97 Å². The maximum absolute atomic E-state index is 13.0. The van der Waals surface area contributed by atoms with Gasteiger partial charge in [0.05, 0.1) is 5.69 Å². The van der Waals surface area contributed by atoms with Crippen LogP contribution >= 0.6 is 0 Å². The molecule has 1 atom stereocenters.